The largest absolute Gasteiger partial charge is 0.493 e. The van der Waals surface area contributed by atoms with Crippen molar-refractivity contribution < 1.29 is 14.3 Å². The van der Waals surface area contributed by atoms with E-state index in [1.807, 2.05) is 26.0 Å². The Hall–Kier alpha value is -1.51. The van der Waals surface area contributed by atoms with Crippen molar-refractivity contribution in [2.75, 3.05) is 7.11 Å². The summed E-state index contributed by atoms with van der Waals surface area (Å²) in [7, 11) is 1.56. The Morgan fingerprint density at radius 1 is 1.29 bits per heavy atom. The van der Waals surface area contributed by atoms with E-state index < -0.39 is 0 Å². The van der Waals surface area contributed by atoms with E-state index in [1.165, 1.54) is 6.92 Å². The molecule has 0 spiro atoms. The maximum Gasteiger partial charge on any atom is 0.308 e. The van der Waals surface area contributed by atoms with Crippen molar-refractivity contribution in [2.45, 2.75) is 20.8 Å². The fraction of sp³-hybridized carbons (Fsp3) is 0.364. The number of esters is 1. The number of rotatable bonds is 2. The van der Waals surface area contributed by atoms with E-state index in [0.29, 0.717) is 11.5 Å². The molecule has 0 aliphatic heterocycles. The van der Waals surface area contributed by atoms with Crippen molar-refractivity contribution in [3.63, 3.8) is 0 Å². The molecule has 0 aliphatic carbocycles. The molecule has 0 unspecified atom stereocenters. The Morgan fingerprint density at radius 2 is 1.93 bits per heavy atom. The predicted octanol–water partition coefficient (Wildman–Crippen LogP) is 2.24. The second-order valence-corrected chi connectivity index (χ2v) is 3.21. The van der Waals surface area contributed by atoms with Gasteiger partial charge in [0, 0.05) is 6.92 Å². The normalized spacial score (nSPS) is 9.71. The van der Waals surface area contributed by atoms with E-state index in [1.54, 1.807) is 7.11 Å². The Bertz CT molecular complexity index is 356. The first-order valence-electron chi connectivity index (χ1n) is 4.38. The fourth-order valence-electron chi connectivity index (χ4n) is 1.34. The van der Waals surface area contributed by atoms with Gasteiger partial charge in [-0.2, -0.15) is 0 Å². The molecular formula is C11H14O3. The SMILES string of the molecule is COc1cc(C)cc(C)c1OC(C)=O. The van der Waals surface area contributed by atoms with Gasteiger partial charge in [-0.25, -0.2) is 0 Å². The first kappa shape index (κ1) is 10.6. The molecule has 3 nitrogen and oxygen atoms in total. The summed E-state index contributed by atoms with van der Waals surface area (Å²) in [6.45, 7) is 5.22. The second kappa shape index (κ2) is 4.13. The minimum absolute atomic E-state index is 0.338. The van der Waals surface area contributed by atoms with Crippen LogP contribution in [0.4, 0.5) is 0 Å². The number of aryl methyl sites for hydroxylation is 2. The van der Waals surface area contributed by atoms with Crippen LogP contribution in [0.1, 0.15) is 18.1 Å². The molecule has 3 heteroatoms. The summed E-state index contributed by atoms with van der Waals surface area (Å²) in [5.74, 6) is 0.763. The number of benzene rings is 1. The standard InChI is InChI=1S/C11H14O3/c1-7-5-8(2)11(14-9(3)12)10(6-7)13-4/h5-6H,1-4H3. The maximum atomic E-state index is 10.8. The van der Waals surface area contributed by atoms with Crippen LogP contribution in [0.2, 0.25) is 0 Å². The molecule has 0 aromatic heterocycles. The van der Waals surface area contributed by atoms with Crippen LogP contribution in [0.15, 0.2) is 12.1 Å². The lowest BCUT2D eigenvalue weighted by atomic mass is 10.1. The van der Waals surface area contributed by atoms with Crippen molar-refractivity contribution in [3.8, 4) is 11.5 Å². The van der Waals surface area contributed by atoms with Gasteiger partial charge in [-0.05, 0) is 31.0 Å². The predicted molar refractivity (Wildman–Crippen MR) is 53.8 cm³/mol. The van der Waals surface area contributed by atoms with Gasteiger partial charge in [-0.15, -0.1) is 0 Å². The Labute approximate surface area is 83.6 Å². The lowest BCUT2D eigenvalue weighted by molar-refractivity contribution is -0.132. The van der Waals surface area contributed by atoms with E-state index >= 15 is 0 Å². The van der Waals surface area contributed by atoms with Gasteiger partial charge in [0.15, 0.2) is 11.5 Å². The Morgan fingerprint density at radius 3 is 2.43 bits per heavy atom. The summed E-state index contributed by atoms with van der Waals surface area (Å²) in [6, 6.07) is 3.78. The van der Waals surface area contributed by atoms with Crippen molar-refractivity contribution in [1.29, 1.82) is 0 Å². The van der Waals surface area contributed by atoms with Gasteiger partial charge in [-0.3, -0.25) is 4.79 Å². The van der Waals surface area contributed by atoms with E-state index in [-0.39, 0.29) is 5.97 Å². The second-order valence-electron chi connectivity index (χ2n) is 3.21. The summed E-state index contributed by atoms with van der Waals surface area (Å²) in [4.78, 5) is 10.8. The molecule has 0 saturated carbocycles. The highest BCUT2D eigenvalue weighted by molar-refractivity contribution is 5.71. The highest BCUT2D eigenvalue weighted by Crippen LogP contribution is 2.32. The minimum atomic E-state index is -0.338. The summed E-state index contributed by atoms with van der Waals surface area (Å²) < 4.78 is 10.2. The number of carbonyl (C=O) groups excluding carboxylic acids is 1. The number of carbonyl (C=O) groups is 1. The smallest absolute Gasteiger partial charge is 0.308 e. The van der Waals surface area contributed by atoms with Gasteiger partial charge in [0.2, 0.25) is 0 Å². The van der Waals surface area contributed by atoms with Crippen LogP contribution in [0.25, 0.3) is 0 Å². The minimum Gasteiger partial charge on any atom is -0.493 e. The molecule has 0 heterocycles. The third-order valence-corrected chi connectivity index (χ3v) is 1.85. The van der Waals surface area contributed by atoms with Crippen LogP contribution < -0.4 is 9.47 Å². The van der Waals surface area contributed by atoms with E-state index in [0.717, 1.165) is 11.1 Å². The Balaban J connectivity index is 3.18. The van der Waals surface area contributed by atoms with Crippen LogP contribution in [-0.4, -0.2) is 13.1 Å². The molecule has 0 bridgehead atoms. The topological polar surface area (TPSA) is 35.5 Å². The van der Waals surface area contributed by atoms with Gasteiger partial charge in [0.1, 0.15) is 0 Å². The van der Waals surface area contributed by atoms with E-state index in [2.05, 4.69) is 0 Å². The monoisotopic (exact) mass is 194 g/mol. The number of ether oxygens (including phenoxy) is 2. The van der Waals surface area contributed by atoms with Gasteiger partial charge >= 0.3 is 5.97 Å². The summed E-state index contributed by atoms with van der Waals surface area (Å²) in [5, 5.41) is 0. The Kier molecular flexibility index (Phi) is 3.12. The first-order chi connectivity index (χ1) is 6.54. The lowest BCUT2D eigenvalue weighted by Crippen LogP contribution is -2.04. The molecule has 0 fully saturated rings. The van der Waals surface area contributed by atoms with Crippen LogP contribution in [0.5, 0.6) is 11.5 Å². The average molecular weight is 194 g/mol. The summed E-state index contributed by atoms with van der Waals surface area (Å²) >= 11 is 0. The zero-order valence-corrected chi connectivity index (χ0v) is 8.88. The third kappa shape index (κ3) is 2.25. The molecule has 1 aromatic carbocycles. The summed E-state index contributed by atoms with van der Waals surface area (Å²) in [6.07, 6.45) is 0. The van der Waals surface area contributed by atoms with Gasteiger partial charge < -0.3 is 9.47 Å². The molecule has 0 N–H and O–H groups in total. The van der Waals surface area contributed by atoms with Gasteiger partial charge in [0.05, 0.1) is 7.11 Å². The maximum absolute atomic E-state index is 10.8. The molecule has 76 valence electrons. The molecule has 1 rings (SSSR count). The van der Waals surface area contributed by atoms with Crippen LogP contribution >= 0.6 is 0 Å². The quantitative estimate of drug-likeness (QED) is 0.535. The molecule has 0 radical (unpaired) electrons. The highest BCUT2D eigenvalue weighted by atomic mass is 16.6. The highest BCUT2D eigenvalue weighted by Gasteiger charge is 2.10. The van der Waals surface area contributed by atoms with Crippen molar-refractivity contribution in [3.05, 3.63) is 23.3 Å². The lowest BCUT2D eigenvalue weighted by Gasteiger charge is -2.11. The average Bonchev–Trinajstić information content (AvgIpc) is 2.08. The molecule has 14 heavy (non-hydrogen) atoms. The molecule has 0 amide bonds. The van der Waals surface area contributed by atoms with Gasteiger partial charge in [-0.1, -0.05) is 6.07 Å². The van der Waals surface area contributed by atoms with Crippen molar-refractivity contribution in [2.24, 2.45) is 0 Å². The van der Waals surface area contributed by atoms with E-state index in [9.17, 15) is 4.79 Å². The first-order valence-corrected chi connectivity index (χ1v) is 4.38. The fourth-order valence-corrected chi connectivity index (χ4v) is 1.34. The number of methoxy groups -OCH3 is 1. The zero-order valence-electron chi connectivity index (χ0n) is 8.88. The number of hydrogen-bond acceptors (Lipinski definition) is 3. The van der Waals surface area contributed by atoms with Crippen molar-refractivity contribution in [1.82, 2.24) is 0 Å². The van der Waals surface area contributed by atoms with Crippen LogP contribution in [0.3, 0.4) is 0 Å². The van der Waals surface area contributed by atoms with Crippen LogP contribution in [-0.2, 0) is 4.79 Å². The number of hydrogen-bond donors (Lipinski definition) is 0. The molecule has 1 aromatic rings. The summed E-state index contributed by atoms with van der Waals surface area (Å²) in [5.41, 5.74) is 1.98. The molecule has 0 saturated heterocycles. The van der Waals surface area contributed by atoms with E-state index in [4.69, 9.17) is 9.47 Å². The van der Waals surface area contributed by atoms with Crippen LogP contribution in [0, 0.1) is 13.8 Å². The van der Waals surface area contributed by atoms with Gasteiger partial charge in [0.25, 0.3) is 0 Å². The molecule has 0 atom stereocenters. The molecule has 0 aliphatic rings. The molecular weight excluding hydrogens is 180 g/mol. The zero-order chi connectivity index (χ0) is 10.7. The van der Waals surface area contributed by atoms with Crippen molar-refractivity contribution >= 4 is 5.97 Å². The third-order valence-electron chi connectivity index (χ3n) is 1.85.